The van der Waals surface area contributed by atoms with Crippen LogP contribution in [0.2, 0.25) is 0 Å². The minimum Gasteiger partial charge on any atom is -0.460 e. The van der Waals surface area contributed by atoms with Crippen LogP contribution in [0.4, 0.5) is 0 Å². The summed E-state index contributed by atoms with van der Waals surface area (Å²) in [6, 6.07) is 3.04. The monoisotopic (exact) mass is 875 g/mol. The fraction of sp³-hybridized carbons (Fsp3) is 0.610. The average molecular weight is 876 g/mol. The van der Waals surface area contributed by atoms with Gasteiger partial charge in [-0.3, -0.25) is 42.9 Å². The van der Waals surface area contributed by atoms with Crippen LogP contribution in [-0.4, -0.2) is 126 Å². The Hall–Kier alpha value is -4.73. The van der Waals surface area contributed by atoms with Crippen LogP contribution in [0, 0.1) is 17.3 Å². The van der Waals surface area contributed by atoms with Crippen molar-refractivity contribution in [2.24, 2.45) is 17.3 Å². The van der Waals surface area contributed by atoms with E-state index in [-0.39, 0.29) is 62.8 Å². The maximum atomic E-state index is 13.6. The first-order chi connectivity index (χ1) is 28.4. The topological polar surface area (TPSA) is 282 Å². The van der Waals surface area contributed by atoms with Gasteiger partial charge in [-0.05, 0) is 69.6 Å². The number of aromatic nitrogens is 3. The third kappa shape index (κ3) is 13.9. The second kappa shape index (κ2) is 20.9. The molecule has 2 aliphatic rings. The van der Waals surface area contributed by atoms with E-state index in [0.717, 1.165) is 17.1 Å². The SMILES string of the molecule is CC(C)[C@H](CC(=O)C[C@H](c1cn(CCCS(=O)(=O)O)nn1)N1C(=O)C=CC1=O)C(=O)N[C@@H](C)C(=O)Cc1ccc(COC(=O)C(C)(C)C)c(CC[C@@H]2OC[C@@H](O)[C@H](O)[C@H]2O)c1. The molecular formula is C41H57N5O14S. The minimum absolute atomic E-state index is 0.00823. The number of ether oxygens (including phenoxy) is 2. The second-order valence-corrected chi connectivity index (χ2v) is 18.6. The lowest BCUT2D eigenvalue weighted by atomic mass is 9.87. The van der Waals surface area contributed by atoms with E-state index in [0.29, 0.717) is 23.1 Å². The Kier molecular flexibility index (Phi) is 16.8. The van der Waals surface area contributed by atoms with Gasteiger partial charge in [0.1, 0.15) is 36.4 Å². The van der Waals surface area contributed by atoms with Gasteiger partial charge in [-0.25, -0.2) is 0 Å². The quantitative estimate of drug-likeness (QED) is 0.0664. The second-order valence-electron chi connectivity index (χ2n) is 17.0. The van der Waals surface area contributed by atoms with Crippen molar-refractivity contribution < 1.29 is 66.5 Å². The molecule has 0 aliphatic carbocycles. The van der Waals surface area contributed by atoms with Crippen LogP contribution < -0.4 is 5.32 Å². The van der Waals surface area contributed by atoms with Gasteiger partial charge in [0.15, 0.2) is 5.78 Å². The van der Waals surface area contributed by atoms with Crippen molar-refractivity contribution in [2.45, 2.75) is 130 Å². The number of carbonyl (C=O) groups excluding carboxylic acids is 6. The fourth-order valence-electron chi connectivity index (χ4n) is 6.90. The number of aliphatic hydroxyl groups is 3. The van der Waals surface area contributed by atoms with Gasteiger partial charge in [-0.15, -0.1) is 5.10 Å². The Labute approximate surface area is 354 Å². The lowest BCUT2D eigenvalue weighted by Crippen LogP contribution is -2.52. The molecule has 0 unspecified atom stereocenters. The number of imide groups is 1. The third-order valence-electron chi connectivity index (χ3n) is 10.6. The van der Waals surface area contributed by atoms with Gasteiger partial charge < -0.3 is 30.1 Å². The van der Waals surface area contributed by atoms with E-state index in [2.05, 4.69) is 15.6 Å². The van der Waals surface area contributed by atoms with Crippen LogP contribution >= 0.6 is 0 Å². The Morgan fingerprint density at radius 3 is 2.30 bits per heavy atom. The van der Waals surface area contributed by atoms with Gasteiger partial charge in [0.25, 0.3) is 21.9 Å². The number of nitrogens with zero attached hydrogens (tertiary/aromatic N) is 4. The highest BCUT2D eigenvalue weighted by molar-refractivity contribution is 7.85. The van der Waals surface area contributed by atoms with Crippen molar-refractivity contribution in [2.75, 3.05) is 12.4 Å². The number of carbonyl (C=O) groups is 6. The summed E-state index contributed by atoms with van der Waals surface area (Å²) in [5.74, 6) is -4.98. The van der Waals surface area contributed by atoms with Crippen LogP contribution in [0.5, 0.6) is 0 Å². The number of aryl methyl sites for hydroxylation is 2. The number of aliphatic hydroxyl groups excluding tert-OH is 3. The van der Waals surface area contributed by atoms with Crippen molar-refractivity contribution in [3.8, 4) is 0 Å². The molecule has 0 saturated carbocycles. The van der Waals surface area contributed by atoms with Gasteiger partial charge in [0.2, 0.25) is 5.91 Å². The summed E-state index contributed by atoms with van der Waals surface area (Å²) in [5.41, 5.74) is 1.27. The predicted octanol–water partition coefficient (Wildman–Crippen LogP) is 0.964. The van der Waals surface area contributed by atoms with E-state index in [9.17, 15) is 52.5 Å². The van der Waals surface area contributed by atoms with E-state index in [1.807, 2.05) is 0 Å². The summed E-state index contributed by atoms with van der Waals surface area (Å²) < 4.78 is 43.7. The summed E-state index contributed by atoms with van der Waals surface area (Å²) in [5, 5.41) is 41.2. The number of ketones is 2. The van der Waals surface area contributed by atoms with Crippen molar-refractivity contribution in [1.82, 2.24) is 25.2 Å². The van der Waals surface area contributed by atoms with Gasteiger partial charge in [0, 0.05) is 43.9 Å². The first-order valence-electron chi connectivity index (χ1n) is 20.1. The largest absolute Gasteiger partial charge is 0.460 e. The number of amides is 3. The standard InChI is InChI=1S/C41H57N5O14S/c1-23(2)29(18-28(47)19-31(46-35(50)12-13-36(46)51)30-20-45(44-43-30)14-7-15-61(56,57)58)39(54)42-24(3)32(48)17-25-8-9-27(21-60-40(55)41(4,5)6)26(16-25)10-11-34-38(53)37(52)33(49)22-59-34/h8-9,12-13,16,20,23-24,29,31,33-34,37-38,49,52-53H,7,10-11,14-15,17-19,21-22H2,1-6H3,(H,42,54)(H,56,57,58)/t24-,29-,31+,33+,34-,37-,38-/m0/s1. The lowest BCUT2D eigenvalue weighted by molar-refractivity contribution is -0.188. The first-order valence-corrected chi connectivity index (χ1v) is 21.7. The van der Waals surface area contributed by atoms with Gasteiger partial charge in [0.05, 0.1) is 42.2 Å². The molecule has 336 valence electrons. The number of nitrogens with one attached hydrogen (secondary N) is 1. The number of hydrogen-bond donors (Lipinski definition) is 5. The summed E-state index contributed by atoms with van der Waals surface area (Å²) >= 11 is 0. The highest BCUT2D eigenvalue weighted by Gasteiger charge is 2.38. The van der Waals surface area contributed by atoms with E-state index >= 15 is 0 Å². The molecule has 1 fully saturated rings. The number of Topliss-reactive ketones (excluding diaryl/α,β-unsaturated/α-hetero) is 2. The van der Waals surface area contributed by atoms with Crippen LogP contribution in [-0.2, 0) is 74.4 Å². The minimum atomic E-state index is -4.22. The normalized spacial score (nSPS) is 21.1. The van der Waals surface area contributed by atoms with E-state index in [4.69, 9.17) is 14.0 Å². The highest BCUT2D eigenvalue weighted by atomic mass is 32.2. The zero-order valence-corrected chi connectivity index (χ0v) is 36.0. The van der Waals surface area contributed by atoms with Crippen molar-refractivity contribution in [1.29, 1.82) is 0 Å². The molecule has 20 heteroatoms. The summed E-state index contributed by atoms with van der Waals surface area (Å²) in [6.45, 7) is 9.99. The van der Waals surface area contributed by atoms with Crippen LogP contribution in [0.15, 0.2) is 36.5 Å². The Balaban J connectivity index is 1.43. The van der Waals surface area contributed by atoms with Crippen molar-refractivity contribution in [3.05, 3.63) is 58.9 Å². The zero-order chi connectivity index (χ0) is 45.4. The van der Waals surface area contributed by atoms with E-state index in [1.54, 1.807) is 52.8 Å². The predicted molar refractivity (Wildman–Crippen MR) is 215 cm³/mol. The lowest BCUT2D eigenvalue weighted by Gasteiger charge is -2.35. The maximum Gasteiger partial charge on any atom is 0.311 e. The summed E-state index contributed by atoms with van der Waals surface area (Å²) in [4.78, 5) is 79.6. The van der Waals surface area contributed by atoms with Gasteiger partial charge >= 0.3 is 5.97 Å². The molecule has 2 aromatic rings. The van der Waals surface area contributed by atoms with Gasteiger partial charge in [-0.1, -0.05) is 37.3 Å². The molecule has 5 N–H and O–H groups in total. The molecular weight excluding hydrogens is 819 g/mol. The van der Waals surface area contributed by atoms with Crippen LogP contribution in [0.25, 0.3) is 0 Å². The molecule has 1 aromatic heterocycles. The maximum absolute atomic E-state index is 13.6. The molecule has 4 rings (SSSR count). The molecule has 0 bridgehead atoms. The molecule has 1 saturated heterocycles. The number of rotatable bonds is 21. The Morgan fingerprint density at radius 2 is 1.67 bits per heavy atom. The smallest absolute Gasteiger partial charge is 0.311 e. The van der Waals surface area contributed by atoms with E-state index < -0.39 is 99.6 Å². The average Bonchev–Trinajstić information content (AvgIpc) is 3.78. The van der Waals surface area contributed by atoms with Crippen molar-refractivity contribution >= 4 is 45.4 Å². The number of hydrogen-bond acceptors (Lipinski definition) is 15. The molecule has 1 aromatic carbocycles. The Bertz CT molecular complexity index is 2060. The number of esters is 1. The van der Waals surface area contributed by atoms with Crippen LogP contribution in [0.3, 0.4) is 0 Å². The molecule has 19 nitrogen and oxygen atoms in total. The highest BCUT2D eigenvalue weighted by Crippen LogP contribution is 2.29. The molecule has 61 heavy (non-hydrogen) atoms. The zero-order valence-electron chi connectivity index (χ0n) is 35.2. The molecule has 0 radical (unpaired) electrons. The molecule has 3 heterocycles. The molecule has 3 amide bonds. The van der Waals surface area contributed by atoms with Crippen LogP contribution in [0.1, 0.15) is 95.7 Å². The molecule has 2 aliphatic heterocycles. The van der Waals surface area contributed by atoms with E-state index in [1.165, 1.54) is 17.8 Å². The van der Waals surface area contributed by atoms with Gasteiger partial charge in [-0.2, -0.15) is 8.42 Å². The Morgan fingerprint density at radius 1 is 1.00 bits per heavy atom. The summed E-state index contributed by atoms with van der Waals surface area (Å²) in [7, 11) is -4.22. The summed E-state index contributed by atoms with van der Waals surface area (Å²) in [6.07, 6.45) is -1.51. The third-order valence-corrected chi connectivity index (χ3v) is 11.4. The first kappa shape index (κ1) is 48.9. The molecule has 0 spiro atoms. The number of benzene rings is 1. The molecule has 7 atom stereocenters. The van der Waals surface area contributed by atoms with Crippen molar-refractivity contribution in [3.63, 3.8) is 0 Å². The fourth-order valence-corrected chi connectivity index (χ4v) is 7.40.